The number of carbonyl (C=O) groups is 1. The highest BCUT2D eigenvalue weighted by atomic mass is 32.2. The van der Waals surface area contributed by atoms with Crippen LogP contribution in [-0.4, -0.2) is 51.9 Å². The maximum atomic E-state index is 13.2. The van der Waals surface area contributed by atoms with E-state index in [1.54, 1.807) is 36.8 Å². The number of benzene rings is 1. The van der Waals surface area contributed by atoms with E-state index < -0.39 is 38.7 Å². The van der Waals surface area contributed by atoms with E-state index in [-0.39, 0.29) is 23.6 Å². The van der Waals surface area contributed by atoms with Crippen molar-refractivity contribution in [2.24, 2.45) is 11.3 Å². The first-order valence-corrected chi connectivity index (χ1v) is 16.5. The third-order valence-corrected chi connectivity index (χ3v) is 10.4. The Morgan fingerprint density at radius 1 is 1.14 bits per heavy atom. The molecule has 0 aliphatic heterocycles. The molecule has 3 heterocycles. The van der Waals surface area contributed by atoms with Crippen LogP contribution < -0.4 is 4.72 Å². The quantitative estimate of drug-likeness (QED) is 0.198. The summed E-state index contributed by atoms with van der Waals surface area (Å²) in [4.78, 5) is 21.3. The highest BCUT2D eigenvalue weighted by Gasteiger charge is 2.39. The fourth-order valence-corrected chi connectivity index (χ4v) is 7.65. The molecule has 0 amide bonds. The summed E-state index contributed by atoms with van der Waals surface area (Å²) in [5.41, 5.74) is 0.197. The molecule has 5 rings (SSSR count). The van der Waals surface area contributed by atoms with Gasteiger partial charge < -0.3 is 9.52 Å². The highest BCUT2D eigenvalue weighted by molar-refractivity contribution is 7.89. The van der Waals surface area contributed by atoms with Crippen molar-refractivity contribution in [3.05, 3.63) is 42.0 Å². The number of carboxylic acid groups (broad SMARTS) is 1. The van der Waals surface area contributed by atoms with Crippen molar-refractivity contribution in [2.75, 3.05) is 0 Å². The topological polar surface area (TPSA) is 148 Å². The summed E-state index contributed by atoms with van der Waals surface area (Å²) in [7, 11) is -4.63. The number of fused-ring (bicyclic) bond motifs is 1. The fraction of sp³-hybridized carbons (Fsp3) is 0.483. The molecule has 10 nitrogen and oxygen atoms in total. The average Bonchev–Trinajstić information content (AvgIpc) is 3.59. The van der Waals surface area contributed by atoms with Gasteiger partial charge in [0.05, 0.1) is 16.0 Å². The zero-order valence-electron chi connectivity index (χ0n) is 24.3. The lowest BCUT2D eigenvalue weighted by Gasteiger charge is -2.21. The van der Waals surface area contributed by atoms with Crippen molar-refractivity contribution >= 4 is 38.1 Å². The molecule has 1 fully saturated rings. The molecule has 3 aromatic heterocycles. The molecule has 4 aromatic rings. The Bertz CT molecular complexity index is 1780. The number of carboxylic acids is 1. The Morgan fingerprint density at radius 2 is 1.82 bits per heavy atom. The first-order valence-electron chi connectivity index (χ1n) is 14.2. The van der Waals surface area contributed by atoms with Crippen LogP contribution in [0.3, 0.4) is 0 Å². The van der Waals surface area contributed by atoms with Gasteiger partial charge in [0, 0.05) is 23.6 Å². The number of hydrogen-bond acceptors (Lipinski definition) is 9. The number of rotatable bonds is 10. The third kappa shape index (κ3) is 6.79. The van der Waals surface area contributed by atoms with Crippen LogP contribution in [0.1, 0.15) is 64.5 Å². The van der Waals surface area contributed by atoms with Gasteiger partial charge in [0.1, 0.15) is 6.04 Å². The fourth-order valence-electron chi connectivity index (χ4n) is 5.24. The van der Waals surface area contributed by atoms with Gasteiger partial charge in [0.25, 0.3) is 15.9 Å². The smallest absolute Gasteiger partial charge is 0.404 e. The Labute approximate surface area is 256 Å². The van der Waals surface area contributed by atoms with Gasteiger partial charge in [-0.3, -0.25) is 4.79 Å². The normalized spacial score (nSPS) is 16.0. The van der Waals surface area contributed by atoms with Crippen LogP contribution in [-0.2, 0) is 27.7 Å². The molecular formula is C29H32F3N5O5S2. The summed E-state index contributed by atoms with van der Waals surface area (Å²) in [6.45, 7) is 3.85. The zero-order valence-corrected chi connectivity index (χ0v) is 25.9. The van der Waals surface area contributed by atoms with Crippen LogP contribution in [0, 0.1) is 11.3 Å². The summed E-state index contributed by atoms with van der Waals surface area (Å²) in [5, 5.41) is 18.2. The van der Waals surface area contributed by atoms with Crippen LogP contribution in [0.2, 0.25) is 0 Å². The first kappa shape index (κ1) is 32.0. The Kier molecular flexibility index (Phi) is 8.84. The number of pyridine rings is 1. The number of hydrogen-bond donors (Lipinski definition) is 2. The molecule has 15 heteroatoms. The molecule has 0 bridgehead atoms. The van der Waals surface area contributed by atoms with Crippen molar-refractivity contribution in [1.82, 2.24) is 24.9 Å². The van der Waals surface area contributed by atoms with E-state index in [2.05, 4.69) is 15.2 Å². The third-order valence-electron chi connectivity index (χ3n) is 7.81. The molecule has 1 aliphatic rings. The minimum Gasteiger partial charge on any atom is -0.481 e. The second-order valence-electron chi connectivity index (χ2n) is 11.8. The number of sulfonamides is 1. The predicted molar refractivity (Wildman–Crippen MR) is 157 cm³/mol. The van der Waals surface area contributed by atoms with Gasteiger partial charge in [-0.25, -0.2) is 18.4 Å². The van der Waals surface area contributed by atoms with Crippen molar-refractivity contribution in [3.63, 3.8) is 0 Å². The molecule has 1 unspecified atom stereocenters. The second kappa shape index (κ2) is 12.2. The van der Waals surface area contributed by atoms with Crippen LogP contribution in [0.5, 0.6) is 0 Å². The number of nitrogens with one attached hydrogen (secondary N) is 1. The second-order valence-corrected chi connectivity index (χ2v) is 14.4. The maximum absolute atomic E-state index is 13.2. The van der Waals surface area contributed by atoms with Crippen molar-refractivity contribution in [1.29, 1.82) is 0 Å². The van der Waals surface area contributed by atoms with Gasteiger partial charge in [-0.15, -0.1) is 21.5 Å². The molecule has 44 heavy (non-hydrogen) atoms. The molecule has 1 aromatic carbocycles. The van der Waals surface area contributed by atoms with Gasteiger partial charge in [0.2, 0.25) is 5.89 Å². The molecule has 1 aliphatic carbocycles. The summed E-state index contributed by atoms with van der Waals surface area (Å²) in [6, 6.07) is 4.21. The molecular weight excluding hydrogens is 619 g/mol. The molecule has 1 saturated carbocycles. The summed E-state index contributed by atoms with van der Waals surface area (Å²) >= 11 is 1.26. The van der Waals surface area contributed by atoms with Crippen molar-refractivity contribution in [3.8, 4) is 21.3 Å². The average molecular weight is 652 g/mol. The zero-order chi connectivity index (χ0) is 31.9. The predicted octanol–water partition coefficient (Wildman–Crippen LogP) is 6.41. The number of nitrogens with zero attached hydrogens (tertiary/aromatic N) is 4. The van der Waals surface area contributed by atoms with E-state index in [0.29, 0.717) is 33.2 Å². The Hall–Kier alpha value is -3.43. The first-order chi connectivity index (χ1) is 20.7. The molecule has 0 radical (unpaired) electrons. The minimum atomic E-state index is -4.77. The molecule has 2 N–H and O–H groups in total. The number of aliphatic carboxylic acids is 1. The standard InChI is InChI=1S/C29H32F3N5O5S2/c1-16(29(30,31)32)37-44(40,41)26-19-12-8-7-11-18(19)20(15-33-26)23-21(13-17-9-5-4-6-10-17)34-25(43-23)24-36-35-22(42-24)14-28(2,3)27(38)39/h7-8,11-12,15-17,37H,4-6,9-10,13-14H2,1-3H3,(H,38,39). The van der Waals surface area contributed by atoms with E-state index in [1.165, 1.54) is 30.0 Å². The van der Waals surface area contributed by atoms with Gasteiger partial charge >= 0.3 is 12.1 Å². The lowest BCUT2D eigenvalue weighted by molar-refractivity contribution is -0.147. The van der Waals surface area contributed by atoms with Crippen molar-refractivity contribution < 1.29 is 35.9 Å². The molecule has 0 saturated heterocycles. The maximum Gasteiger partial charge on any atom is 0.404 e. The van der Waals surface area contributed by atoms with Gasteiger partial charge in [-0.1, -0.05) is 56.4 Å². The van der Waals surface area contributed by atoms with Gasteiger partial charge in [0.15, 0.2) is 10.0 Å². The minimum absolute atomic E-state index is 0.0218. The van der Waals surface area contributed by atoms with E-state index in [4.69, 9.17) is 9.40 Å². The van der Waals surface area contributed by atoms with E-state index >= 15 is 0 Å². The summed E-state index contributed by atoms with van der Waals surface area (Å²) < 4.78 is 73.2. The summed E-state index contributed by atoms with van der Waals surface area (Å²) in [6.07, 6.45) is 2.74. The summed E-state index contributed by atoms with van der Waals surface area (Å²) in [5.74, 6) is -0.333. The monoisotopic (exact) mass is 651 g/mol. The number of alkyl halides is 3. The van der Waals surface area contributed by atoms with Crippen LogP contribution in [0.4, 0.5) is 13.2 Å². The SMILES string of the molecule is CC(NS(=O)(=O)c1ncc(-c2sc(-c3nnc(CC(C)(C)C(=O)O)o3)nc2CC2CCCCC2)c2ccccc12)C(F)(F)F. The Balaban J connectivity index is 1.59. The van der Waals surface area contributed by atoms with Gasteiger partial charge in [-0.2, -0.15) is 17.9 Å². The molecule has 0 spiro atoms. The van der Waals surface area contributed by atoms with Crippen molar-refractivity contribution in [2.45, 2.75) is 83.0 Å². The van der Waals surface area contributed by atoms with E-state index in [0.717, 1.165) is 38.3 Å². The van der Waals surface area contributed by atoms with E-state index in [1.807, 2.05) is 0 Å². The number of halogens is 3. The van der Waals surface area contributed by atoms with Crippen LogP contribution >= 0.6 is 11.3 Å². The van der Waals surface area contributed by atoms with Crippen LogP contribution in [0.15, 0.2) is 39.9 Å². The lowest BCUT2D eigenvalue weighted by atomic mass is 9.85. The lowest BCUT2D eigenvalue weighted by Crippen LogP contribution is -2.43. The Morgan fingerprint density at radius 3 is 2.48 bits per heavy atom. The number of thiazole rings is 1. The van der Waals surface area contributed by atoms with E-state index in [9.17, 15) is 31.5 Å². The highest BCUT2D eigenvalue weighted by Crippen LogP contribution is 2.41. The molecule has 1 atom stereocenters. The van der Waals surface area contributed by atoms with Gasteiger partial charge in [-0.05, 0) is 38.5 Å². The molecule has 236 valence electrons. The number of aromatic nitrogens is 4. The largest absolute Gasteiger partial charge is 0.481 e. The van der Waals surface area contributed by atoms with Crippen LogP contribution in [0.25, 0.3) is 32.1 Å².